The zero-order valence-corrected chi connectivity index (χ0v) is 13.8. The molecule has 1 aromatic heterocycles. The Morgan fingerprint density at radius 3 is 2.87 bits per heavy atom. The second-order valence-corrected chi connectivity index (χ2v) is 7.56. The van der Waals surface area contributed by atoms with Crippen molar-refractivity contribution in [3.8, 4) is 0 Å². The highest BCUT2D eigenvalue weighted by molar-refractivity contribution is 5.01. The van der Waals surface area contributed by atoms with Gasteiger partial charge < -0.3 is 14.3 Å². The van der Waals surface area contributed by atoms with Gasteiger partial charge in [-0.05, 0) is 31.4 Å². The van der Waals surface area contributed by atoms with Gasteiger partial charge in [0.15, 0.2) is 0 Å². The van der Waals surface area contributed by atoms with Gasteiger partial charge >= 0.3 is 0 Å². The van der Waals surface area contributed by atoms with Crippen LogP contribution in [-0.2, 0) is 11.3 Å². The molecule has 23 heavy (non-hydrogen) atoms. The number of hydrogen-bond acceptors (Lipinski definition) is 5. The van der Waals surface area contributed by atoms with Gasteiger partial charge in [0.2, 0.25) is 0 Å². The van der Waals surface area contributed by atoms with Gasteiger partial charge in [-0.1, -0.05) is 0 Å². The maximum atomic E-state index is 9.95. The van der Waals surface area contributed by atoms with Crippen molar-refractivity contribution in [1.29, 1.82) is 0 Å². The second kappa shape index (κ2) is 6.55. The average Bonchev–Trinajstić information content (AvgIpc) is 3.23. The third-order valence-electron chi connectivity index (χ3n) is 6.25. The van der Waals surface area contributed by atoms with Crippen LogP contribution in [0.5, 0.6) is 0 Å². The molecule has 0 aromatic carbocycles. The van der Waals surface area contributed by atoms with Crippen LogP contribution in [0.15, 0.2) is 22.8 Å². The molecule has 3 saturated heterocycles. The number of fused-ring (bicyclic) bond motifs is 1. The van der Waals surface area contributed by atoms with Crippen LogP contribution in [-0.4, -0.2) is 66.9 Å². The fourth-order valence-electron chi connectivity index (χ4n) is 4.69. The molecular formula is C18H28N2O3. The van der Waals surface area contributed by atoms with E-state index in [0.29, 0.717) is 18.6 Å². The second-order valence-electron chi connectivity index (χ2n) is 7.56. The van der Waals surface area contributed by atoms with E-state index in [1.807, 2.05) is 6.07 Å². The average molecular weight is 320 g/mol. The van der Waals surface area contributed by atoms with Crippen molar-refractivity contribution in [2.45, 2.75) is 31.8 Å². The first-order chi connectivity index (χ1) is 11.3. The fourth-order valence-corrected chi connectivity index (χ4v) is 4.69. The fraction of sp³-hybridized carbons (Fsp3) is 0.778. The van der Waals surface area contributed by atoms with Crippen molar-refractivity contribution in [3.63, 3.8) is 0 Å². The molecule has 3 aliphatic heterocycles. The zero-order chi connectivity index (χ0) is 15.7. The molecule has 3 fully saturated rings. The third-order valence-corrected chi connectivity index (χ3v) is 6.25. The van der Waals surface area contributed by atoms with Gasteiger partial charge in [0.05, 0.1) is 26.0 Å². The Bertz CT molecular complexity index is 498. The van der Waals surface area contributed by atoms with Gasteiger partial charge in [0.25, 0.3) is 0 Å². The molecular weight excluding hydrogens is 292 g/mol. The van der Waals surface area contributed by atoms with Gasteiger partial charge in [-0.2, -0.15) is 0 Å². The summed E-state index contributed by atoms with van der Waals surface area (Å²) < 4.78 is 11.1. The van der Waals surface area contributed by atoms with Crippen molar-refractivity contribution < 1.29 is 14.3 Å². The number of aliphatic hydroxyl groups excluding tert-OH is 1. The molecule has 4 heterocycles. The van der Waals surface area contributed by atoms with Gasteiger partial charge in [0, 0.05) is 50.2 Å². The van der Waals surface area contributed by atoms with Crippen LogP contribution < -0.4 is 0 Å². The van der Waals surface area contributed by atoms with Crippen molar-refractivity contribution in [3.05, 3.63) is 24.2 Å². The lowest BCUT2D eigenvalue weighted by Crippen LogP contribution is -2.45. The lowest BCUT2D eigenvalue weighted by Gasteiger charge is -2.38. The minimum atomic E-state index is 0.101. The third kappa shape index (κ3) is 3.07. The summed E-state index contributed by atoms with van der Waals surface area (Å²) >= 11 is 0. The number of ether oxygens (including phenoxy) is 1. The van der Waals surface area contributed by atoms with Crippen LogP contribution in [0.2, 0.25) is 0 Å². The van der Waals surface area contributed by atoms with Crippen molar-refractivity contribution in [1.82, 2.24) is 9.80 Å². The van der Waals surface area contributed by atoms with Gasteiger partial charge in [0.1, 0.15) is 5.76 Å². The van der Waals surface area contributed by atoms with Crippen molar-refractivity contribution in [2.24, 2.45) is 11.3 Å². The molecule has 3 aliphatic rings. The first-order valence-electron chi connectivity index (χ1n) is 8.96. The number of nitrogens with zero attached hydrogens (tertiary/aromatic N) is 2. The molecule has 0 unspecified atom stereocenters. The first-order valence-corrected chi connectivity index (χ1v) is 8.96. The number of aliphatic hydroxyl groups is 1. The first kappa shape index (κ1) is 15.6. The summed E-state index contributed by atoms with van der Waals surface area (Å²) in [6, 6.07) is 4.68. The Balaban J connectivity index is 1.32. The Kier molecular flexibility index (Phi) is 4.46. The Morgan fingerprint density at radius 1 is 1.30 bits per heavy atom. The standard InChI is InChI=1S/C18H28N2O3/c21-14-18-5-9-22-12-15(18)10-20(13-18)16-3-6-19(7-4-16)11-17-2-1-8-23-17/h1-2,8,15-16,21H,3-7,9-14H2/t15-,18-/m1/s1. The Labute approximate surface area is 138 Å². The summed E-state index contributed by atoms with van der Waals surface area (Å²) in [6.07, 6.45) is 5.21. The van der Waals surface area contributed by atoms with E-state index in [4.69, 9.17) is 9.15 Å². The number of likely N-dealkylation sites (tertiary alicyclic amines) is 2. The summed E-state index contributed by atoms with van der Waals surface area (Å²) in [5.41, 5.74) is 0.101. The molecule has 2 atom stereocenters. The van der Waals surface area contributed by atoms with E-state index in [0.717, 1.165) is 58.1 Å². The Morgan fingerprint density at radius 2 is 2.17 bits per heavy atom. The summed E-state index contributed by atoms with van der Waals surface area (Å²) in [5, 5.41) is 9.95. The van der Waals surface area contributed by atoms with Crippen LogP contribution in [0.25, 0.3) is 0 Å². The smallest absolute Gasteiger partial charge is 0.117 e. The van der Waals surface area contributed by atoms with Crippen LogP contribution in [0, 0.1) is 11.3 Å². The predicted octanol–water partition coefficient (Wildman–Crippen LogP) is 1.57. The van der Waals surface area contributed by atoms with E-state index in [2.05, 4.69) is 15.9 Å². The lowest BCUT2D eigenvalue weighted by molar-refractivity contribution is -0.0420. The molecule has 5 heteroatoms. The summed E-state index contributed by atoms with van der Waals surface area (Å²) in [7, 11) is 0. The molecule has 0 saturated carbocycles. The van der Waals surface area contributed by atoms with E-state index in [1.165, 1.54) is 12.8 Å². The van der Waals surface area contributed by atoms with Crippen LogP contribution >= 0.6 is 0 Å². The van der Waals surface area contributed by atoms with E-state index in [1.54, 1.807) is 6.26 Å². The molecule has 0 aliphatic carbocycles. The highest BCUT2D eigenvalue weighted by Crippen LogP contribution is 2.43. The molecule has 128 valence electrons. The van der Waals surface area contributed by atoms with Gasteiger partial charge in [-0.25, -0.2) is 0 Å². The van der Waals surface area contributed by atoms with Crippen LogP contribution in [0.1, 0.15) is 25.0 Å². The minimum absolute atomic E-state index is 0.101. The minimum Gasteiger partial charge on any atom is -0.468 e. The Hall–Kier alpha value is -0.880. The molecule has 4 rings (SSSR count). The number of piperidine rings is 1. The molecule has 0 radical (unpaired) electrons. The monoisotopic (exact) mass is 320 g/mol. The predicted molar refractivity (Wildman–Crippen MR) is 87.0 cm³/mol. The molecule has 0 bridgehead atoms. The maximum absolute atomic E-state index is 9.95. The highest BCUT2D eigenvalue weighted by Gasteiger charge is 2.49. The van der Waals surface area contributed by atoms with Crippen LogP contribution in [0.3, 0.4) is 0 Å². The largest absolute Gasteiger partial charge is 0.468 e. The summed E-state index contributed by atoms with van der Waals surface area (Å²) in [6.45, 7) is 7.31. The lowest BCUT2D eigenvalue weighted by atomic mass is 9.75. The summed E-state index contributed by atoms with van der Waals surface area (Å²) in [4.78, 5) is 5.13. The maximum Gasteiger partial charge on any atom is 0.117 e. The van der Waals surface area contributed by atoms with E-state index < -0.39 is 0 Å². The molecule has 0 amide bonds. The molecule has 5 nitrogen and oxygen atoms in total. The van der Waals surface area contributed by atoms with E-state index in [9.17, 15) is 5.11 Å². The summed E-state index contributed by atoms with van der Waals surface area (Å²) in [5.74, 6) is 1.58. The van der Waals surface area contributed by atoms with Crippen LogP contribution in [0.4, 0.5) is 0 Å². The SMILES string of the molecule is OC[C@]12CCOC[C@H]1CN(C1CCN(Cc3ccco3)CC1)C2. The van der Waals surface area contributed by atoms with Gasteiger partial charge in [-0.3, -0.25) is 9.80 Å². The topological polar surface area (TPSA) is 49.1 Å². The normalized spacial score (nSPS) is 33.9. The number of furan rings is 1. The van der Waals surface area contributed by atoms with Gasteiger partial charge in [-0.15, -0.1) is 0 Å². The zero-order valence-electron chi connectivity index (χ0n) is 13.8. The quantitative estimate of drug-likeness (QED) is 0.913. The molecule has 1 N–H and O–H groups in total. The molecule has 1 aromatic rings. The number of hydrogen-bond donors (Lipinski definition) is 1. The number of rotatable bonds is 4. The molecule has 0 spiro atoms. The van der Waals surface area contributed by atoms with Crippen molar-refractivity contribution >= 4 is 0 Å². The van der Waals surface area contributed by atoms with Crippen molar-refractivity contribution in [2.75, 3.05) is 46.0 Å². The van der Waals surface area contributed by atoms with E-state index >= 15 is 0 Å². The van der Waals surface area contributed by atoms with E-state index in [-0.39, 0.29) is 5.41 Å². The highest BCUT2D eigenvalue weighted by atomic mass is 16.5.